The zero-order chi connectivity index (χ0) is 10.8. The van der Waals surface area contributed by atoms with Gasteiger partial charge in [-0.1, -0.05) is 12.2 Å². The highest BCUT2D eigenvalue weighted by Gasteiger charge is 2.08. The van der Waals surface area contributed by atoms with E-state index in [2.05, 4.69) is 9.97 Å². The van der Waals surface area contributed by atoms with Crippen molar-refractivity contribution in [3.8, 4) is 0 Å². The van der Waals surface area contributed by atoms with Gasteiger partial charge in [-0.15, -0.1) is 0 Å². The molecule has 0 radical (unpaired) electrons. The molecule has 2 rings (SSSR count). The first-order valence-electron chi connectivity index (χ1n) is 4.58. The second-order valence-corrected chi connectivity index (χ2v) is 3.44. The minimum absolute atomic E-state index is 0.145. The Morgan fingerprint density at radius 2 is 2.47 bits per heavy atom. The molecule has 0 atom stereocenters. The Morgan fingerprint density at radius 1 is 1.67 bits per heavy atom. The summed E-state index contributed by atoms with van der Waals surface area (Å²) in [7, 11) is 0. The molecule has 2 aromatic heterocycles. The fraction of sp³-hybridized carbons (Fsp3) is 0.200. The van der Waals surface area contributed by atoms with Gasteiger partial charge in [0.05, 0.1) is 5.52 Å². The van der Waals surface area contributed by atoms with E-state index >= 15 is 0 Å². The number of H-pyrrole nitrogens is 1. The van der Waals surface area contributed by atoms with Crippen LogP contribution in [-0.2, 0) is 6.54 Å². The van der Waals surface area contributed by atoms with Crippen molar-refractivity contribution in [1.29, 1.82) is 0 Å². The summed E-state index contributed by atoms with van der Waals surface area (Å²) in [4.78, 5) is 18.9. The normalized spacial score (nSPS) is 11.6. The summed E-state index contributed by atoms with van der Waals surface area (Å²) >= 11 is 5.91. The molecule has 1 N–H and O–H groups in total. The lowest BCUT2D eigenvalue weighted by atomic mass is 10.4. The van der Waals surface area contributed by atoms with Gasteiger partial charge in [0, 0.05) is 12.7 Å². The van der Waals surface area contributed by atoms with E-state index in [0.717, 1.165) is 0 Å². The van der Waals surface area contributed by atoms with E-state index in [-0.39, 0.29) is 10.8 Å². The van der Waals surface area contributed by atoms with Crippen LogP contribution in [0, 0.1) is 0 Å². The van der Waals surface area contributed by atoms with Crippen molar-refractivity contribution in [2.45, 2.75) is 13.5 Å². The Kier molecular flexibility index (Phi) is 2.60. The van der Waals surface area contributed by atoms with Crippen LogP contribution >= 0.6 is 11.6 Å². The highest BCUT2D eigenvalue weighted by Crippen LogP contribution is 2.09. The molecule has 0 bridgehead atoms. The van der Waals surface area contributed by atoms with Gasteiger partial charge in [0.1, 0.15) is 5.52 Å². The van der Waals surface area contributed by atoms with Crippen LogP contribution in [0.25, 0.3) is 11.0 Å². The molecule has 0 aliphatic rings. The van der Waals surface area contributed by atoms with Gasteiger partial charge in [-0.05, 0) is 24.6 Å². The molecule has 78 valence electrons. The summed E-state index contributed by atoms with van der Waals surface area (Å²) in [5, 5.41) is 0.213. The number of nitrogens with zero attached hydrogens (tertiary/aromatic N) is 2. The predicted octanol–water partition coefficient (Wildman–Crippen LogP) is 1.95. The summed E-state index contributed by atoms with van der Waals surface area (Å²) in [5.74, 6) is 0. The van der Waals surface area contributed by atoms with Crippen molar-refractivity contribution in [3.05, 3.63) is 40.1 Å². The predicted molar refractivity (Wildman–Crippen MR) is 60.2 cm³/mol. The SMILES string of the molecule is CC=CCn1c(Cl)nc2cc[nH]c2c1=O. The van der Waals surface area contributed by atoms with Crippen LogP contribution in [0.5, 0.6) is 0 Å². The van der Waals surface area contributed by atoms with E-state index in [4.69, 9.17) is 11.6 Å². The van der Waals surface area contributed by atoms with Crippen molar-refractivity contribution in [2.24, 2.45) is 0 Å². The molecular weight excluding hydrogens is 214 g/mol. The standard InChI is InChI=1S/C10H10ClN3O/c1-2-3-6-14-9(15)8-7(4-5-12-8)13-10(14)11/h2-5,12H,6H2,1H3. The third-order valence-corrected chi connectivity index (χ3v) is 2.43. The number of aromatic amines is 1. The van der Waals surface area contributed by atoms with Gasteiger partial charge >= 0.3 is 0 Å². The molecule has 0 spiro atoms. The van der Waals surface area contributed by atoms with Crippen LogP contribution in [0.1, 0.15) is 6.92 Å². The lowest BCUT2D eigenvalue weighted by Gasteiger charge is -2.03. The molecule has 5 heteroatoms. The first-order valence-corrected chi connectivity index (χ1v) is 4.96. The minimum atomic E-state index is -0.145. The number of aromatic nitrogens is 3. The highest BCUT2D eigenvalue weighted by molar-refractivity contribution is 6.28. The third-order valence-electron chi connectivity index (χ3n) is 2.14. The molecule has 4 nitrogen and oxygen atoms in total. The van der Waals surface area contributed by atoms with Gasteiger partial charge in [-0.25, -0.2) is 4.98 Å². The summed E-state index contributed by atoms with van der Waals surface area (Å²) in [6.45, 7) is 2.33. The molecule has 0 fully saturated rings. The zero-order valence-electron chi connectivity index (χ0n) is 8.20. The lowest BCUT2D eigenvalue weighted by Crippen LogP contribution is -2.21. The van der Waals surface area contributed by atoms with Crippen molar-refractivity contribution >= 4 is 22.6 Å². The maximum absolute atomic E-state index is 11.9. The molecule has 0 amide bonds. The maximum Gasteiger partial charge on any atom is 0.279 e. The number of nitrogens with one attached hydrogen (secondary N) is 1. The van der Waals surface area contributed by atoms with E-state index in [1.54, 1.807) is 12.3 Å². The van der Waals surface area contributed by atoms with E-state index < -0.39 is 0 Å². The third kappa shape index (κ3) is 1.68. The fourth-order valence-corrected chi connectivity index (χ4v) is 1.61. The first kappa shape index (κ1) is 9.98. The molecular formula is C10H10ClN3O. The number of rotatable bonds is 2. The molecule has 0 saturated heterocycles. The summed E-state index contributed by atoms with van der Waals surface area (Å²) in [6.07, 6.45) is 5.39. The molecule has 15 heavy (non-hydrogen) atoms. The Labute approximate surface area is 91.2 Å². The second-order valence-electron chi connectivity index (χ2n) is 3.10. The number of halogens is 1. The van der Waals surface area contributed by atoms with Gasteiger partial charge in [-0.3, -0.25) is 9.36 Å². The number of fused-ring (bicyclic) bond motifs is 1. The highest BCUT2D eigenvalue weighted by atomic mass is 35.5. The van der Waals surface area contributed by atoms with Crippen molar-refractivity contribution in [2.75, 3.05) is 0 Å². The molecule has 0 aliphatic heterocycles. The quantitative estimate of drug-likeness (QED) is 0.625. The monoisotopic (exact) mass is 223 g/mol. The lowest BCUT2D eigenvalue weighted by molar-refractivity contribution is 0.766. The van der Waals surface area contributed by atoms with Crippen molar-refractivity contribution in [3.63, 3.8) is 0 Å². The van der Waals surface area contributed by atoms with Crippen LogP contribution < -0.4 is 5.56 Å². The number of hydrogen-bond acceptors (Lipinski definition) is 2. The van der Waals surface area contributed by atoms with Crippen molar-refractivity contribution in [1.82, 2.24) is 14.5 Å². The van der Waals surface area contributed by atoms with Gasteiger partial charge in [-0.2, -0.15) is 0 Å². The largest absolute Gasteiger partial charge is 0.355 e. The van der Waals surface area contributed by atoms with Crippen LogP contribution in [0.15, 0.2) is 29.2 Å². The van der Waals surface area contributed by atoms with Gasteiger partial charge in [0.25, 0.3) is 5.56 Å². The average molecular weight is 224 g/mol. The first-order chi connectivity index (χ1) is 7.24. The molecule has 0 unspecified atom stereocenters. The molecule has 2 heterocycles. The Balaban J connectivity index is 2.67. The Hall–Kier alpha value is -1.55. The van der Waals surface area contributed by atoms with Crippen LogP contribution in [0.3, 0.4) is 0 Å². The summed E-state index contributed by atoms with van der Waals surface area (Å²) in [6, 6.07) is 1.72. The summed E-state index contributed by atoms with van der Waals surface area (Å²) < 4.78 is 1.42. The molecule has 2 aromatic rings. The smallest absolute Gasteiger partial charge is 0.279 e. The Bertz CT molecular complexity index is 568. The van der Waals surface area contributed by atoms with E-state index in [1.807, 2.05) is 19.1 Å². The van der Waals surface area contributed by atoms with E-state index in [1.165, 1.54) is 4.57 Å². The number of hydrogen-bond donors (Lipinski definition) is 1. The summed E-state index contributed by atoms with van der Waals surface area (Å²) in [5.41, 5.74) is 0.943. The van der Waals surface area contributed by atoms with Crippen LogP contribution in [0.4, 0.5) is 0 Å². The van der Waals surface area contributed by atoms with E-state index in [9.17, 15) is 4.79 Å². The maximum atomic E-state index is 11.9. The van der Waals surface area contributed by atoms with Gasteiger partial charge in [0.2, 0.25) is 5.28 Å². The average Bonchev–Trinajstić information content (AvgIpc) is 2.65. The number of allylic oxidation sites excluding steroid dienone is 2. The van der Waals surface area contributed by atoms with Crippen molar-refractivity contribution < 1.29 is 0 Å². The van der Waals surface area contributed by atoms with Crippen LogP contribution in [-0.4, -0.2) is 14.5 Å². The van der Waals surface area contributed by atoms with E-state index in [0.29, 0.717) is 17.6 Å². The molecule has 0 saturated carbocycles. The second kappa shape index (κ2) is 3.90. The molecule has 0 aliphatic carbocycles. The fourth-order valence-electron chi connectivity index (χ4n) is 1.37. The Morgan fingerprint density at radius 3 is 3.20 bits per heavy atom. The van der Waals surface area contributed by atoms with Gasteiger partial charge in [0.15, 0.2) is 0 Å². The topological polar surface area (TPSA) is 50.7 Å². The zero-order valence-corrected chi connectivity index (χ0v) is 8.95. The minimum Gasteiger partial charge on any atom is -0.355 e. The molecule has 0 aromatic carbocycles. The van der Waals surface area contributed by atoms with Crippen LogP contribution in [0.2, 0.25) is 5.28 Å². The van der Waals surface area contributed by atoms with Gasteiger partial charge < -0.3 is 4.98 Å².